The van der Waals surface area contributed by atoms with Crippen molar-refractivity contribution in [3.8, 4) is 0 Å². The standard InChI is InChI=1S/C10H17N3O3/c14-9(13-6-7-16-10(13)15)8-12-4-1-2-11-3-5-12/h11H,1-8H2. The molecule has 6 heteroatoms. The molecule has 16 heavy (non-hydrogen) atoms. The molecule has 2 saturated heterocycles. The summed E-state index contributed by atoms with van der Waals surface area (Å²) >= 11 is 0. The molecule has 2 aliphatic rings. The van der Waals surface area contributed by atoms with Gasteiger partial charge in [0.15, 0.2) is 0 Å². The van der Waals surface area contributed by atoms with E-state index in [1.807, 2.05) is 0 Å². The van der Waals surface area contributed by atoms with Crippen molar-refractivity contribution in [1.29, 1.82) is 0 Å². The van der Waals surface area contributed by atoms with Crippen molar-refractivity contribution < 1.29 is 14.3 Å². The molecular formula is C10H17N3O3. The first kappa shape index (κ1) is 11.3. The van der Waals surface area contributed by atoms with Crippen LogP contribution in [0.4, 0.5) is 4.79 Å². The molecule has 0 atom stereocenters. The third-order valence-corrected chi connectivity index (χ3v) is 2.85. The van der Waals surface area contributed by atoms with Crippen LogP contribution in [0, 0.1) is 0 Å². The Morgan fingerprint density at radius 3 is 2.94 bits per heavy atom. The highest BCUT2D eigenvalue weighted by Gasteiger charge is 2.29. The third kappa shape index (κ3) is 2.70. The number of amides is 2. The zero-order valence-corrected chi connectivity index (χ0v) is 9.28. The summed E-state index contributed by atoms with van der Waals surface area (Å²) in [5, 5.41) is 3.27. The van der Waals surface area contributed by atoms with Gasteiger partial charge in [0.05, 0.1) is 13.1 Å². The summed E-state index contributed by atoms with van der Waals surface area (Å²) in [5.74, 6) is -0.149. The van der Waals surface area contributed by atoms with Crippen LogP contribution in [0.3, 0.4) is 0 Å². The van der Waals surface area contributed by atoms with Gasteiger partial charge in [-0.3, -0.25) is 9.69 Å². The first-order valence-corrected chi connectivity index (χ1v) is 5.67. The van der Waals surface area contributed by atoms with Crippen molar-refractivity contribution in [2.75, 3.05) is 45.9 Å². The molecule has 0 radical (unpaired) electrons. The minimum absolute atomic E-state index is 0.149. The Hall–Kier alpha value is -1.14. The molecule has 6 nitrogen and oxygen atoms in total. The number of hydrogen-bond acceptors (Lipinski definition) is 5. The molecular weight excluding hydrogens is 210 g/mol. The minimum atomic E-state index is -0.502. The monoisotopic (exact) mass is 227 g/mol. The maximum absolute atomic E-state index is 11.8. The van der Waals surface area contributed by atoms with Gasteiger partial charge in [0.1, 0.15) is 6.61 Å². The molecule has 0 aliphatic carbocycles. The summed E-state index contributed by atoms with van der Waals surface area (Å²) in [5.41, 5.74) is 0. The molecule has 90 valence electrons. The predicted molar refractivity (Wildman–Crippen MR) is 57.0 cm³/mol. The van der Waals surface area contributed by atoms with Crippen LogP contribution < -0.4 is 5.32 Å². The molecule has 0 aromatic heterocycles. The Kier molecular flexibility index (Phi) is 3.74. The largest absolute Gasteiger partial charge is 0.447 e. The van der Waals surface area contributed by atoms with E-state index in [1.54, 1.807) is 0 Å². The van der Waals surface area contributed by atoms with E-state index in [0.29, 0.717) is 19.7 Å². The Morgan fingerprint density at radius 2 is 2.19 bits per heavy atom. The molecule has 0 unspecified atom stereocenters. The number of hydrogen-bond donors (Lipinski definition) is 1. The van der Waals surface area contributed by atoms with Crippen LogP contribution in [0.25, 0.3) is 0 Å². The van der Waals surface area contributed by atoms with Crippen molar-refractivity contribution in [1.82, 2.24) is 15.1 Å². The molecule has 2 amide bonds. The number of imide groups is 1. The van der Waals surface area contributed by atoms with Crippen LogP contribution in [-0.2, 0) is 9.53 Å². The maximum Gasteiger partial charge on any atom is 0.416 e. The Balaban J connectivity index is 1.83. The van der Waals surface area contributed by atoms with Gasteiger partial charge in [-0.2, -0.15) is 0 Å². The number of nitrogens with one attached hydrogen (secondary N) is 1. The second kappa shape index (κ2) is 5.27. The zero-order valence-electron chi connectivity index (χ0n) is 9.28. The van der Waals surface area contributed by atoms with Crippen molar-refractivity contribution in [3.63, 3.8) is 0 Å². The van der Waals surface area contributed by atoms with Crippen LogP contribution in [-0.4, -0.2) is 67.7 Å². The molecule has 2 aliphatic heterocycles. The van der Waals surface area contributed by atoms with E-state index in [0.717, 1.165) is 32.6 Å². The molecule has 0 saturated carbocycles. The van der Waals surface area contributed by atoms with Crippen molar-refractivity contribution in [3.05, 3.63) is 0 Å². The topological polar surface area (TPSA) is 61.9 Å². The van der Waals surface area contributed by atoms with E-state index in [-0.39, 0.29) is 5.91 Å². The van der Waals surface area contributed by atoms with Gasteiger partial charge in [0.2, 0.25) is 5.91 Å². The van der Waals surface area contributed by atoms with E-state index in [4.69, 9.17) is 4.74 Å². The Labute approximate surface area is 94.5 Å². The smallest absolute Gasteiger partial charge is 0.416 e. The lowest BCUT2D eigenvalue weighted by molar-refractivity contribution is -0.128. The second-order valence-corrected chi connectivity index (χ2v) is 4.04. The SMILES string of the molecule is O=C(CN1CCCNCC1)N1CCOC1=O. The van der Waals surface area contributed by atoms with Gasteiger partial charge in [-0.1, -0.05) is 0 Å². The van der Waals surface area contributed by atoms with Crippen LogP contribution >= 0.6 is 0 Å². The number of nitrogens with zero attached hydrogens (tertiary/aromatic N) is 2. The fourth-order valence-corrected chi connectivity index (χ4v) is 1.96. The van der Waals surface area contributed by atoms with Crippen LogP contribution in [0.2, 0.25) is 0 Å². The molecule has 0 aromatic rings. The van der Waals surface area contributed by atoms with Gasteiger partial charge in [-0.25, -0.2) is 9.69 Å². The maximum atomic E-state index is 11.8. The summed E-state index contributed by atoms with van der Waals surface area (Å²) < 4.78 is 4.74. The number of cyclic esters (lactones) is 1. The lowest BCUT2D eigenvalue weighted by atomic mass is 10.3. The first-order chi connectivity index (χ1) is 7.77. The van der Waals surface area contributed by atoms with E-state index in [1.165, 1.54) is 4.90 Å². The van der Waals surface area contributed by atoms with Gasteiger partial charge in [0, 0.05) is 13.1 Å². The molecule has 2 fully saturated rings. The molecule has 2 heterocycles. The molecule has 0 aromatic carbocycles. The van der Waals surface area contributed by atoms with E-state index < -0.39 is 6.09 Å². The average Bonchev–Trinajstić information content (AvgIpc) is 2.53. The van der Waals surface area contributed by atoms with Gasteiger partial charge in [-0.05, 0) is 19.5 Å². The zero-order chi connectivity index (χ0) is 11.4. The number of carbonyl (C=O) groups is 2. The van der Waals surface area contributed by atoms with E-state index >= 15 is 0 Å². The lowest BCUT2D eigenvalue weighted by Crippen LogP contribution is -2.41. The van der Waals surface area contributed by atoms with Gasteiger partial charge < -0.3 is 10.1 Å². The van der Waals surface area contributed by atoms with Gasteiger partial charge in [-0.15, -0.1) is 0 Å². The molecule has 0 bridgehead atoms. The third-order valence-electron chi connectivity index (χ3n) is 2.85. The molecule has 0 spiro atoms. The van der Waals surface area contributed by atoms with Crippen LogP contribution in [0.1, 0.15) is 6.42 Å². The van der Waals surface area contributed by atoms with Crippen molar-refractivity contribution >= 4 is 12.0 Å². The van der Waals surface area contributed by atoms with E-state index in [2.05, 4.69) is 10.2 Å². The lowest BCUT2D eigenvalue weighted by Gasteiger charge is -2.20. The molecule has 1 N–H and O–H groups in total. The summed E-state index contributed by atoms with van der Waals surface area (Å²) in [6.07, 6.45) is 0.538. The molecule has 2 rings (SSSR count). The summed E-state index contributed by atoms with van der Waals surface area (Å²) in [6.45, 7) is 4.69. The highest BCUT2D eigenvalue weighted by molar-refractivity contribution is 5.94. The number of rotatable bonds is 2. The Bertz CT molecular complexity index is 274. The van der Waals surface area contributed by atoms with Crippen LogP contribution in [0.5, 0.6) is 0 Å². The fourth-order valence-electron chi connectivity index (χ4n) is 1.96. The quantitative estimate of drug-likeness (QED) is 0.673. The summed E-state index contributed by atoms with van der Waals surface area (Å²) in [6, 6.07) is 0. The van der Waals surface area contributed by atoms with Gasteiger partial charge in [0.25, 0.3) is 0 Å². The second-order valence-electron chi connectivity index (χ2n) is 4.04. The highest BCUT2D eigenvalue weighted by Crippen LogP contribution is 2.05. The normalized spacial score (nSPS) is 23.0. The predicted octanol–water partition coefficient (Wildman–Crippen LogP) is -0.739. The number of ether oxygens (including phenoxy) is 1. The van der Waals surface area contributed by atoms with Crippen molar-refractivity contribution in [2.45, 2.75) is 6.42 Å². The summed E-state index contributed by atoms with van der Waals surface area (Å²) in [4.78, 5) is 26.2. The fraction of sp³-hybridized carbons (Fsp3) is 0.800. The van der Waals surface area contributed by atoms with Crippen molar-refractivity contribution in [2.24, 2.45) is 0 Å². The number of carbonyl (C=O) groups excluding carboxylic acids is 2. The average molecular weight is 227 g/mol. The first-order valence-electron chi connectivity index (χ1n) is 5.67. The van der Waals surface area contributed by atoms with Gasteiger partial charge >= 0.3 is 6.09 Å². The summed E-state index contributed by atoms with van der Waals surface area (Å²) in [7, 11) is 0. The minimum Gasteiger partial charge on any atom is -0.447 e. The van der Waals surface area contributed by atoms with E-state index in [9.17, 15) is 9.59 Å². The Morgan fingerprint density at radius 1 is 1.31 bits per heavy atom. The highest BCUT2D eigenvalue weighted by atomic mass is 16.6. The van der Waals surface area contributed by atoms with Crippen LogP contribution in [0.15, 0.2) is 0 Å².